The Bertz CT molecular complexity index is 1760. The number of aryl methyl sites for hydroxylation is 2. The van der Waals surface area contributed by atoms with E-state index in [9.17, 15) is 32.3 Å². The molecule has 1 aromatic carbocycles. The van der Waals surface area contributed by atoms with E-state index in [2.05, 4.69) is 25.9 Å². The molecule has 0 aliphatic heterocycles. The minimum atomic E-state index is -5.13. The molecule has 0 aliphatic carbocycles. The van der Waals surface area contributed by atoms with E-state index in [1.165, 1.54) is 9.13 Å². The summed E-state index contributed by atoms with van der Waals surface area (Å²) >= 11 is 0. The Kier molecular flexibility index (Phi) is 17.8. The number of alkyl carbamates (subject to hydrolysis) is 2. The molecule has 0 aliphatic rings. The highest BCUT2D eigenvalue weighted by Crippen LogP contribution is 2.17. The van der Waals surface area contributed by atoms with Crippen LogP contribution in [0.5, 0.6) is 5.75 Å². The molecule has 0 unspecified atom stereocenters. The van der Waals surface area contributed by atoms with Crippen LogP contribution >= 0.6 is 0 Å². The second-order valence-electron chi connectivity index (χ2n) is 15.9. The highest BCUT2D eigenvalue weighted by atomic mass is 19.4. The zero-order valence-electron chi connectivity index (χ0n) is 34.2. The predicted octanol–water partition coefficient (Wildman–Crippen LogP) is 6.95. The van der Waals surface area contributed by atoms with E-state index in [1.807, 2.05) is 0 Å². The van der Waals surface area contributed by atoms with Crippen molar-refractivity contribution in [3.63, 3.8) is 0 Å². The topological polar surface area (TPSA) is 200 Å². The average molecular weight is 811 g/mol. The third kappa shape index (κ3) is 20.4. The number of alkyl halides is 3. The molecule has 0 spiro atoms. The van der Waals surface area contributed by atoms with Crippen molar-refractivity contribution in [3.05, 3.63) is 47.8 Å². The summed E-state index contributed by atoms with van der Waals surface area (Å²) in [4.78, 5) is 55.5. The van der Waals surface area contributed by atoms with Crippen molar-refractivity contribution in [1.29, 1.82) is 5.41 Å². The van der Waals surface area contributed by atoms with Gasteiger partial charge in [-0.05, 0) is 106 Å². The van der Waals surface area contributed by atoms with Gasteiger partial charge >= 0.3 is 30.4 Å². The van der Waals surface area contributed by atoms with Gasteiger partial charge in [-0.25, -0.2) is 14.4 Å². The van der Waals surface area contributed by atoms with Gasteiger partial charge in [0.2, 0.25) is 11.6 Å². The smallest absolute Gasteiger partial charge is 0.473 e. The van der Waals surface area contributed by atoms with E-state index in [-0.39, 0.29) is 30.6 Å². The number of unbranched alkanes of at least 4 members (excludes halogenated alkanes) is 4. The lowest BCUT2D eigenvalue weighted by atomic mass is 10.1. The van der Waals surface area contributed by atoms with E-state index >= 15 is 0 Å². The van der Waals surface area contributed by atoms with Gasteiger partial charge in [0.15, 0.2) is 0 Å². The number of hydrogen-bond acceptors (Lipinski definition) is 9. The Hall–Kier alpha value is -5.36. The number of benzene rings is 1. The molecule has 0 saturated carbocycles. The number of aromatic nitrogens is 2. The van der Waals surface area contributed by atoms with Crippen LogP contribution in [0.25, 0.3) is 0 Å². The molecule has 1 aromatic heterocycles. The predicted molar refractivity (Wildman–Crippen MR) is 206 cm³/mol. The van der Waals surface area contributed by atoms with E-state index < -0.39 is 47.2 Å². The molecule has 16 nitrogen and oxygen atoms in total. The number of carbonyl (C=O) groups excluding carboxylic acids is 4. The van der Waals surface area contributed by atoms with Crippen molar-refractivity contribution in [2.24, 2.45) is 9.98 Å². The maximum absolute atomic E-state index is 13.2. The Labute approximate surface area is 331 Å². The summed E-state index contributed by atoms with van der Waals surface area (Å²) in [5.41, 5.74) is -1.97. The average Bonchev–Trinajstić information content (AvgIpc) is 3.41. The third-order valence-electron chi connectivity index (χ3n) is 7.05. The number of amidine groups is 1. The minimum absolute atomic E-state index is 0.113. The van der Waals surface area contributed by atoms with Crippen LogP contribution in [0.2, 0.25) is 0 Å². The van der Waals surface area contributed by atoms with Crippen LogP contribution in [0, 0.1) is 5.41 Å². The second kappa shape index (κ2) is 21.2. The molecular weight excluding hydrogens is 753 g/mol. The third-order valence-corrected chi connectivity index (χ3v) is 7.05. The van der Waals surface area contributed by atoms with Crippen molar-refractivity contribution in [3.8, 4) is 5.75 Å². The number of nitrogens with one attached hydrogen (secondary N) is 4. The SMILES string of the molecule is CC(C)(C)OC(=O)/N=C(/NCCCCCCCn1ccn(CCCOc2ccc(C(=N)NC(=O)OC(C)(C)C)cc2)/c1=N/C(=O)C(F)(F)F)NC(=O)OC(C)(C)C. The first-order valence-electron chi connectivity index (χ1n) is 18.6. The summed E-state index contributed by atoms with van der Waals surface area (Å²) in [7, 11) is 0. The Morgan fingerprint density at radius 3 is 1.75 bits per heavy atom. The molecule has 4 N–H and O–H groups in total. The Morgan fingerprint density at radius 2 is 1.21 bits per heavy atom. The van der Waals surface area contributed by atoms with Crippen molar-refractivity contribution >= 4 is 36.0 Å². The number of amides is 4. The molecule has 2 aromatic rings. The highest BCUT2D eigenvalue weighted by Gasteiger charge is 2.38. The lowest BCUT2D eigenvalue weighted by molar-refractivity contribution is -0.169. The summed E-state index contributed by atoms with van der Waals surface area (Å²) in [6, 6.07) is 6.41. The van der Waals surface area contributed by atoms with Gasteiger partial charge in [0.05, 0.1) is 6.61 Å². The van der Waals surface area contributed by atoms with Crippen molar-refractivity contribution in [2.75, 3.05) is 13.2 Å². The van der Waals surface area contributed by atoms with Crippen molar-refractivity contribution in [2.45, 2.75) is 137 Å². The maximum atomic E-state index is 13.2. The number of ether oxygens (including phenoxy) is 4. The fraction of sp³-hybridized carbons (Fsp3) is 0.605. The van der Waals surface area contributed by atoms with Crippen molar-refractivity contribution in [1.82, 2.24) is 25.1 Å². The molecule has 57 heavy (non-hydrogen) atoms. The molecule has 2 rings (SSSR count). The normalized spacial score (nSPS) is 12.8. The van der Waals surface area contributed by atoms with Gasteiger partial charge in [-0.2, -0.15) is 18.2 Å². The summed E-state index contributed by atoms with van der Waals surface area (Å²) in [5, 5.41) is 15.8. The van der Waals surface area contributed by atoms with Gasteiger partial charge in [0.1, 0.15) is 28.4 Å². The van der Waals surface area contributed by atoms with Gasteiger partial charge in [-0.15, -0.1) is 4.99 Å². The Balaban J connectivity index is 1.91. The highest BCUT2D eigenvalue weighted by molar-refractivity contribution is 6.04. The lowest BCUT2D eigenvalue weighted by Crippen LogP contribution is -2.44. The van der Waals surface area contributed by atoms with Gasteiger partial charge in [-0.3, -0.25) is 20.8 Å². The van der Waals surface area contributed by atoms with Gasteiger partial charge in [-0.1, -0.05) is 19.3 Å². The minimum Gasteiger partial charge on any atom is -0.494 e. The van der Waals surface area contributed by atoms with Crippen LogP contribution in [-0.2, 0) is 32.1 Å². The standard InChI is InChI=1S/C38H57F3N8O8/c1-35(2,3)55-32(51)44-28(42)26-16-18-27(19-17-26)54-25-15-22-49-24-23-48(31(49)45-29(50)38(39,40)41)21-14-12-10-11-13-20-43-30(46-33(52)56-36(4,5)6)47-34(53)57-37(7,8)9/h16-19,23-24H,10-15,20-22,25H2,1-9H3,(H2,42,44,51)(H2,43,46,47,52,53)/b45-31+. The number of imidazole rings is 1. The number of hydrogen-bond donors (Lipinski definition) is 4. The molecule has 0 bridgehead atoms. The van der Waals surface area contributed by atoms with E-state index in [1.54, 1.807) is 99.0 Å². The molecule has 19 heteroatoms. The number of carbonyl (C=O) groups is 4. The van der Waals surface area contributed by atoms with Gasteiger partial charge in [0, 0.05) is 37.6 Å². The lowest BCUT2D eigenvalue weighted by Gasteiger charge is -2.21. The summed E-state index contributed by atoms with van der Waals surface area (Å²) < 4.78 is 63.9. The molecule has 0 saturated heterocycles. The first-order valence-corrected chi connectivity index (χ1v) is 18.6. The van der Waals surface area contributed by atoms with Gasteiger partial charge in [0.25, 0.3) is 0 Å². The van der Waals surface area contributed by atoms with Crippen LogP contribution in [0.1, 0.15) is 106 Å². The maximum Gasteiger partial charge on any atom is 0.473 e. The quantitative estimate of drug-likeness (QED) is 0.0675. The first-order chi connectivity index (χ1) is 26.3. The summed E-state index contributed by atoms with van der Waals surface area (Å²) in [6.45, 7) is 16.4. The molecule has 1 heterocycles. The Morgan fingerprint density at radius 1 is 0.702 bits per heavy atom. The zero-order valence-corrected chi connectivity index (χ0v) is 34.2. The number of rotatable bonds is 14. The number of guanidine groups is 1. The molecular formula is C38H57F3N8O8. The van der Waals surface area contributed by atoms with Crippen LogP contribution in [0.3, 0.4) is 0 Å². The monoisotopic (exact) mass is 810 g/mol. The second-order valence-corrected chi connectivity index (χ2v) is 15.9. The van der Waals surface area contributed by atoms with Crippen molar-refractivity contribution < 1.29 is 51.3 Å². The molecule has 0 atom stereocenters. The number of halogens is 3. The molecule has 0 fully saturated rings. The van der Waals surface area contributed by atoms with Crippen LogP contribution in [-0.4, -0.2) is 81.2 Å². The molecule has 0 radical (unpaired) electrons. The van der Waals surface area contributed by atoms with Crippen LogP contribution in [0.4, 0.5) is 27.6 Å². The number of aliphatic imine (C=N–C) groups is 1. The van der Waals surface area contributed by atoms with E-state index in [0.717, 1.165) is 19.3 Å². The fourth-order valence-corrected chi connectivity index (χ4v) is 4.74. The van der Waals surface area contributed by atoms with Crippen LogP contribution < -0.4 is 26.3 Å². The molecule has 4 amide bonds. The first kappa shape index (κ1) is 47.8. The largest absolute Gasteiger partial charge is 0.494 e. The van der Waals surface area contributed by atoms with Gasteiger partial charge < -0.3 is 33.4 Å². The fourth-order valence-electron chi connectivity index (χ4n) is 4.74. The molecule has 318 valence electrons. The van der Waals surface area contributed by atoms with E-state index in [0.29, 0.717) is 43.7 Å². The van der Waals surface area contributed by atoms with E-state index in [4.69, 9.17) is 24.4 Å². The summed E-state index contributed by atoms with van der Waals surface area (Å²) in [5.74, 6) is -1.99. The number of nitrogens with zero attached hydrogens (tertiary/aromatic N) is 4. The zero-order chi connectivity index (χ0) is 43.0. The van der Waals surface area contributed by atoms with Crippen LogP contribution in [0.15, 0.2) is 46.6 Å². The summed E-state index contributed by atoms with van der Waals surface area (Å²) in [6.07, 6.45) is -0.548.